The smallest absolute Gasteiger partial charge is 0.348 e. The van der Waals surface area contributed by atoms with Crippen LogP contribution in [-0.4, -0.2) is 23.3 Å². The zero-order valence-corrected chi connectivity index (χ0v) is 7.03. The minimum atomic E-state index is -0.141. The third-order valence-electron chi connectivity index (χ3n) is 2.77. The maximum absolute atomic E-state index is 10.6. The number of carbonyl (C=O) groups excluding carboxylic acids is 1. The molecular formula is C9H14O3. The Morgan fingerprint density at radius 2 is 2.25 bits per heavy atom. The predicted octanol–water partition coefficient (Wildman–Crippen LogP) is 0.853. The number of hydrogen-bond donors (Lipinski definition) is 1. The van der Waals surface area contributed by atoms with Crippen molar-refractivity contribution in [1.29, 1.82) is 0 Å². The molecule has 0 aromatic rings. The molecule has 0 aromatic carbocycles. The fourth-order valence-corrected chi connectivity index (χ4v) is 2.03. The summed E-state index contributed by atoms with van der Waals surface area (Å²) in [6.07, 6.45) is 4.58. The molecule has 1 N–H and O–H groups in total. The minimum absolute atomic E-state index is 0.0601. The van der Waals surface area contributed by atoms with E-state index in [2.05, 4.69) is 0 Å². The van der Waals surface area contributed by atoms with Gasteiger partial charge in [0.15, 0.2) is 6.10 Å². The SMILES string of the molecule is O=C1OC1CC1CCCC(O)C1. The molecule has 1 saturated carbocycles. The fourth-order valence-electron chi connectivity index (χ4n) is 2.03. The molecule has 2 aliphatic rings. The van der Waals surface area contributed by atoms with Crippen LogP contribution in [-0.2, 0) is 9.53 Å². The Bertz CT molecular complexity index is 190. The van der Waals surface area contributed by atoms with E-state index in [1.54, 1.807) is 0 Å². The van der Waals surface area contributed by atoms with Crippen LogP contribution in [0.3, 0.4) is 0 Å². The zero-order valence-electron chi connectivity index (χ0n) is 7.03. The molecule has 0 aromatic heterocycles. The Kier molecular flexibility index (Phi) is 2.05. The van der Waals surface area contributed by atoms with Gasteiger partial charge in [0.2, 0.25) is 0 Å². The molecule has 0 amide bonds. The topological polar surface area (TPSA) is 49.8 Å². The standard InChI is InChI=1S/C9H14O3/c10-7-3-1-2-6(4-7)5-8-9(11)12-8/h6-8,10H,1-5H2. The number of epoxide rings is 1. The molecule has 0 radical (unpaired) electrons. The van der Waals surface area contributed by atoms with E-state index in [0.29, 0.717) is 5.92 Å². The summed E-state index contributed by atoms with van der Waals surface area (Å²) in [5.41, 5.74) is 0. The molecule has 1 aliphatic heterocycles. The number of carbonyl (C=O) groups is 1. The summed E-state index contributed by atoms with van der Waals surface area (Å²) in [7, 11) is 0. The number of rotatable bonds is 2. The second-order valence-electron chi connectivity index (χ2n) is 3.85. The largest absolute Gasteiger partial charge is 0.448 e. The fraction of sp³-hybridized carbons (Fsp3) is 0.889. The van der Waals surface area contributed by atoms with Gasteiger partial charge in [-0.1, -0.05) is 12.8 Å². The molecule has 2 rings (SSSR count). The van der Waals surface area contributed by atoms with Crippen molar-refractivity contribution in [3.63, 3.8) is 0 Å². The highest BCUT2D eigenvalue weighted by atomic mass is 16.6. The summed E-state index contributed by atoms with van der Waals surface area (Å²) in [5.74, 6) is 0.445. The van der Waals surface area contributed by atoms with Crippen molar-refractivity contribution in [1.82, 2.24) is 0 Å². The van der Waals surface area contributed by atoms with Crippen LogP contribution < -0.4 is 0 Å². The van der Waals surface area contributed by atoms with E-state index in [4.69, 9.17) is 4.74 Å². The van der Waals surface area contributed by atoms with Gasteiger partial charge in [0.05, 0.1) is 6.10 Å². The summed E-state index contributed by atoms with van der Waals surface area (Å²) in [4.78, 5) is 10.6. The molecule has 1 saturated heterocycles. The Balaban J connectivity index is 1.76. The van der Waals surface area contributed by atoms with E-state index >= 15 is 0 Å². The summed E-state index contributed by atoms with van der Waals surface area (Å²) in [6.45, 7) is 0. The summed E-state index contributed by atoms with van der Waals surface area (Å²) < 4.78 is 4.73. The van der Waals surface area contributed by atoms with E-state index in [0.717, 1.165) is 32.1 Å². The van der Waals surface area contributed by atoms with Crippen LogP contribution in [0.15, 0.2) is 0 Å². The van der Waals surface area contributed by atoms with Crippen LogP contribution in [0.2, 0.25) is 0 Å². The van der Waals surface area contributed by atoms with E-state index < -0.39 is 0 Å². The van der Waals surface area contributed by atoms with Crippen molar-refractivity contribution in [3.05, 3.63) is 0 Å². The monoisotopic (exact) mass is 170 g/mol. The van der Waals surface area contributed by atoms with E-state index in [-0.39, 0.29) is 18.2 Å². The average molecular weight is 170 g/mol. The molecule has 0 bridgehead atoms. The number of cyclic esters (lactones) is 1. The van der Waals surface area contributed by atoms with Crippen molar-refractivity contribution in [2.75, 3.05) is 0 Å². The first-order chi connectivity index (χ1) is 5.75. The molecular weight excluding hydrogens is 156 g/mol. The summed E-state index contributed by atoms with van der Waals surface area (Å²) in [6, 6.07) is 0. The third-order valence-corrected chi connectivity index (χ3v) is 2.77. The maximum atomic E-state index is 10.6. The Morgan fingerprint density at radius 3 is 2.83 bits per heavy atom. The normalized spacial score (nSPS) is 40.8. The van der Waals surface area contributed by atoms with E-state index in [9.17, 15) is 9.90 Å². The second-order valence-corrected chi connectivity index (χ2v) is 3.85. The molecule has 1 aliphatic carbocycles. The average Bonchev–Trinajstić information content (AvgIpc) is 2.66. The van der Waals surface area contributed by atoms with Gasteiger partial charge in [0.1, 0.15) is 0 Å². The van der Waals surface area contributed by atoms with Crippen molar-refractivity contribution in [3.8, 4) is 0 Å². The first kappa shape index (κ1) is 8.05. The van der Waals surface area contributed by atoms with E-state index in [1.807, 2.05) is 0 Å². The van der Waals surface area contributed by atoms with Gasteiger partial charge in [-0.25, -0.2) is 4.79 Å². The van der Waals surface area contributed by atoms with Gasteiger partial charge >= 0.3 is 5.97 Å². The van der Waals surface area contributed by atoms with Crippen molar-refractivity contribution in [2.24, 2.45) is 5.92 Å². The highest BCUT2D eigenvalue weighted by Crippen LogP contribution is 2.31. The maximum Gasteiger partial charge on any atom is 0.348 e. The lowest BCUT2D eigenvalue weighted by molar-refractivity contribution is -0.117. The molecule has 68 valence electrons. The summed E-state index contributed by atoms with van der Waals surface area (Å²) in [5, 5.41) is 9.35. The van der Waals surface area contributed by atoms with Crippen molar-refractivity contribution < 1.29 is 14.6 Å². The molecule has 12 heavy (non-hydrogen) atoms. The van der Waals surface area contributed by atoms with Crippen LogP contribution in [0.25, 0.3) is 0 Å². The van der Waals surface area contributed by atoms with Crippen LogP contribution >= 0.6 is 0 Å². The van der Waals surface area contributed by atoms with Gasteiger partial charge in [-0.3, -0.25) is 0 Å². The Hall–Kier alpha value is -0.570. The Morgan fingerprint density at radius 1 is 1.50 bits per heavy atom. The lowest BCUT2D eigenvalue weighted by atomic mass is 9.84. The lowest BCUT2D eigenvalue weighted by Crippen LogP contribution is -2.20. The molecule has 3 nitrogen and oxygen atoms in total. The van der Waals surface area contributed by atoms with Gasteiger partial charge in [-0.05, 0) is 25.2 Å². The zero-order chi connectivity index (χ0) is 8.55. The third kappa shape index (κ3) is 1.78. The molecule has 1 heterocycles. The van der Waals surface area contributed by atoms with Gasteiger partial charge < -0.3 is 9.84 Å². The first-order valence-electron chi connectivity index (χ1n) is 4.64. The number of hydrogen-bond acceptors (Lipinski definition) is 3. The Labute approximate surface area is 71.7 Å². The van der Waals surface area contributed by atoms with Crippen molar-refractivity contribution in [2.45, 2.75) is 44.3 Å². The van der Waals surface area contributed by atoms with Gasteiger partial charge in [-0.2, -0.15) is 0 Å². The second kappa shape index (κ2) is 3.05. The molecule has 2 fully saturated rings. The van der Waals surface area contributed by atoms with E-state index in [1.165, 1.54) is 0 Å². The first-order valence-corrected chi connectivity index (χ1v) is 4.64. The molecule has 0 spiro atoms. The number of ether oxygens (including phenoxy) is 1. The minimum Gasteiger partial charge on any atom is -0.448 e. The number of aliphatic hydroxyl groups is 1. The van der Waals surface area contributed by atoms with Gasteiger partial charge in [0, 0.05) is 0 Å². The molecule has 3 heteroatoms. The lowest BCUT2D eigenvalue weighted by Gasteiger charge is -2.24. The van der Waals surface area contributed by atoms with Crippen LogP contribution in [0, 0.1) is 5.92 Å². The summed E-state index contributed by atoms with van der Waals surface area (Å²) >= 11 is 0. The quantitative estimate of drug-likeness (QED) is 0.625. The number of aliphatic hydroxyl groups excluding tert-OH is 1. The molecule has 3 unspecified atom stereocenters. The van der Waals surface area contributed by atoms with Crippen LogP contribution in [0.5, 0.6) is 0 Å². The molecule has 3 atom stereocenters. The van der Waals surface area contributed by atoms with Gasteiger partial charge in [-0.15, -0.1) is 0 Å². The van der Waals surface area contributed by atoms with Crippen LogP contribution in [0.1, 0.15) is 32.1 Å². The predicted molar refractivity (Wildman–Crippen MR) is 42.5 cm³/mol. The van der Waals surface area contributed by atoms with Gasteiger partial charge in [0.25, 0.3) is 0 Å². The van der Waals surface area contributed by atoms with Crippen LogP contribution in [0.4, 0.5) is 0 Å². The van der Waals surface area contributed by atoms with Crippen molar-refractivity contribution >= 4 is 5.97 Å². The highest BCUT2D eigenvalue weighted by Gasteiger charge is 2.40. The highest BCUT2D eigenvalue weighted by molar-refractivity contribution is 5.87.